The maximum absolute atomic E-state index is 12.8. The van der Waals surface area contributed by atoms with E-state index in [4.69, 9.17) is 14.6 Å². The van der Waals surface area contributed by atoms with Gasteiger partial charge in [0, 0.05) is 12.5 Å². The van der Waals surface area contributed by atoms with E-state index in [2.05, 4.69) is 22.8 Å². The van der Waals surface area contributed by atoms with Crippen LogP contribution in [0.2, 0.25) is 0 Å². The fraction of sp³-hybridized carbons (Fsp3) is 0.400. The summed E-state index contributed by atoms with van der Waals surface area (Å²) in [4.78, 5) is 36.0. The number of carboxylic acids is 1. The Morgan fingerprint density at radius 1 is 0.970 bits per heavy atom. The van der Waals surface area contributed by atoms with Crippen LogP contribution in [0.25, 0.3) is 11.1 Å². The van der Waals surface area contributed by atoms with Gasteiger partial charge in [-0.15, -0.1) is 0 Å². The standard InChI is InChI=1S/C25H30N2O6/c1-3-25(4-2,23(30)26-13-14-32-16-22(28)29)27-24(31)33-15-21-19-11-7-5-9-17(19)18-10-6-8-12-20(18)21/h5-12,21H,3-4,13-16H2,1-2H3,(H,26,30)(H,27,31)(H,28,29). The Kier molecular flexibility index (Phi) is 8.06. The van der Waals surface area contributed by atoms with E-state index in [1.165, 1.54) is 0 Å². The predicted molar refractivity (Wildman–Crippen MR) is 123 cm³/mol. The van der Waals surface area contributed by atoms with Crippen molar-refractivity contribution >= 4 is 18.0 Å². The second-order valence-corrected chi connectivity index (χ2v) is 7.94. The van der Waals surface area contributed by atoms with Crippen LogP contribution in [0.15, 0.2) is 48.5 Å². The van der Waals surface area contributed by atoms with E-state index in [0.29, 0.717) is 12.8 Å². The smallest absolute Gasteiger partial charge is 0.408 e. The molecule has 0 aromatic heterocycles. The molecule has 176 valence electrons. The van der Waals surface area contributed by atoms with Gasteiger partial charge in [-0.1, -0.05) is 62.4 Å². The SMILES string of the molecule is CCC(CC)(NC(=O)OCC1c2ccccc2-c2ccccc21)C(=O)NCCOCC(=O)O. The van der Waals surface area contributed by atoms with E-state index in [0.717, 1.165) is 22.3 Å². The number of rotatable bonds is 11. The third kappa shape index (κ3) is 5.51. The predicted octanol–water partition coefficient (Wildman–Crippen LogP) is 3.30. The van der Waals surface area contributed by atoms with Crippen LogP contribution < -0.4 is 10.6 Å². The second kappa shape index (κ2) is 11.0. The molecule has 0 saturated heterocycles. The highest BCUT2D eigenvalue weighted by atomic mass is 16.5. The van der Waals surface area contributed by atoms with Gasteiger partial charge in [0.05, 0.1) is 6.61 Å². The lowest BCUT2D eigenvalue weighted by Crippen LogP contribution is -2.58. The maximum Gasteiger partial charge on any atom is 0.408 e. The Hall–Kier alpha value is -3.39. The normalized spacial score (nSPS) is 12.5. The van der Waals surface area contributed by atoms with Gasteiger partial charge in [-0.05, 0) is 35.1 Å². The molecule has 2 amide bonds. The summed E-state index contributed by atoms with van der Waals surface area (Å²) < 4.78 is 10.5. The van der Waals surface area contributed by atoms with Crippen LogP contribution in [0.1, 0.15) is 43.7 Å². The van der Waals surface area contributed by atoms with Crippen LogP contribution in [0.5, 0.6) is 0 Å². The lowest BCUT2D eigenvalue weighted by molar-refractivity contribution is -0.142. The minimum absolute atomic E-state index is 0.0620. The fourth-order valence-corrected chi connectivity index (χ4v) is 4.20. The molecule has 2 aromatic carbocycles. The Labute approximate surface area is 193 Å². The molecule has 0 heterocycles. The minimum Gasteiger partial charge on any atom is -0.480 e. The highest BCUT2D eigenvalue weighted by Crippen LogP contribution is 2.44. The number of benzene rings is 2. The quantitative estimate of drug-likeness (QED) is 0.449. The van der Waals surface area contributed by atoms with Gasteiger partial charge >= 0.3 is 12.1 Å². The van der Waals surface area contributed by atoms with Crippen molar-refractivity contribution in [1.82, 2.24) is 10.6 Å². The topological polar surface area (TPSA) is 114 Å². The van der Waals surface area contributed by atoms with E-state index >= 15 is 0 Å². The number of hydrogen-bond acceptors (Lipinski definition) is 5. The summed E-state index contributed by atoms with van der Waals surface area (Å²) in [6.45, 7) is 3.56. The molecule has 33 heavy (non-hydrogen) atoms. The van der Waals surface area contributed by atoms with Crippen molar-refractivity contribution in [2.75, 3.05) is 26.4 Å². The summed E-state index contributed by atoms with van der Waals surface area (Å²) in [6, 6.07) is 16.2. The van der Waals surface area contributed by atoms with E-state index < -0.39 is 24.2 Å². The zero-order chi connectivity index (χ0) is 23.8. The molecule has 0 fully saturated rings. The first-order valence-corrected chi connectivity index (χ1v) is 11.1. The lowest BCUT2D eigenvalue weighted by atomic mass is 9.92. The molecule has 0 atom stereocenters. The van der Waals surface area contributed by atoms with E-state index in [9.17, 15) is 14.4 Å². The van der Waals surface area contributed by atoms with Gasteiger partial charge in [-0.3, -0.25) is 4.79 Å². The average molecular weight is 455 g/mol. The summed E-state index contributed by atoms with van der Waals surface area (Å²) in [5.74, 6) is -1.50. The number of carboxylic acid groups (broad SMARTS) is 1. The minimum atomic E-state index is -1.13. The van der Waals surface area contributed by atoms with Crippen LogP contribution in [0.3, 0.4) is 0 Å². The number of hydrogen-bond donors (Lipinski definition) is 3. The summed E-state index contributed by atoms with van der Waals surface area (Å²) in [5.41, 5.74) is 3.38. The van der Waals surface area contributed by atoms with Crippen molar-refractivity contribution in [2.45, 2.75) is 38.1 Å². The van der Waals surface area contributed by atoms with Gasteiger partial charge in [0.25, 0.3) is 0 Å². The maximum atomic E-state index is 12.8. The van der Waals surface area contributed by atoms with Gasteiger partial charge in [-0.2, -0.15) is 0 Å². The number of nitrogens with one attached hydrogen (secondary N) is 2. The van der Waals surface area contributed by atoms with E-state index in [1.807, 2.05) is 50.2 Å². The van der Waals surface area contributed by atoms with Gasteiger partial charge in [0.2, 0.25) is 5.91 Å². The lowest BCUT2D eigenvalue weighted by Gasteiger charge is -2.31. The fourth-order valence-electron chi connectivity index (χ4n) is 4.20. The molecule has 0 radical (unpaired) electrons. The molecule has 1 aliphatic carbocycles. The van der Waals surface area contributed by atoms with Crippen LogP contribution in [0.4, 0.5) is 4.79 Å². The molecular formula is C25H30N2O6. The number of alkyl carbamates (subject to hydrolysis) is 1. The van der Waals surface area contributed by atoms with Crippen LogP contribution in [-0.2, 0) is 19.1 Å². The molecule has 8 nitrogen and oxygen atoms in total. The van der Waals surface area contributed by atoms with Crippen LogP contribution in [0, 0.1) is 0 Å². The van der Waals surface area contributed by atoms with Crippen molar-refractivity contribution in [3.05, 3.63) is 59.7 Å². The largest absolute Gasteiger partial charge is 0.480 e. The van der Waals surface area contributed by atoms with Crippen molar-refractivity contribution < 1.29 is 29.0 Å². The molecule has 3 rings (SSSR count). The molecule has 0 bridgehead atoms. The third-order valence-corrected chi connectivity index (χ3v) is 6.08. The molecule has 0 spiro atoms. The number of carbonyl (C=O) groups excluding carboxylic acids is 2. The number of ether oxygens (including phenoxy) is 2. The highest BCUT2D eigenvalue weighted by molar-refractivity contribution is 5.90. The third-order valence-electron chi connectivity index (χ3n) is 6.08. The molecule has 2 aromatic rings. The zero-order valence-electron chi connectivity index (χ0n) is 18.9. The number of amides is 2. The van der Waals surface area contributed by atoms with Crippen molar-refractivity contribution in [2.24, 2.45) is 0 Å². The van der Waals surface area contributed by atoms with Gasteiger partial charge < -0.3 is 25.2 Å². The number of fused-ring (bicyclic) bond motifs is 3. The Balaban J connectivity index is 1.60. The van der Waals surface area contributed by atoms with Crippen LogP contribution >= 0.6 is 0 Å². The first-order chi connectivity index (χ1) is 15.9. The first kappa shape index (κ1) is 24.3. The van der Waals surface area contributed by atoms with Gasteiger partial charge in [0.15, 0.2) is 0 Å². The molecule has 0 unspecified atom stereocenters. The highest BCUT2D eigenvalue weighted by Gasteiger charge is 2.37. The number of aliphatic carboxylic acids is 1. The summed E-state index contributed by atoms with van der Waals surface area (Å²) in [7, 11) is 0. The van der Waals surface area contributed by atoms with E-state index in [-0.39, 0.29) is 31.6 Å². The molecular weight excluding hydrogens is 424 g/mol. The molecule has 0 aliphatic heterocycles. The average Bonchev–Trinajstić information content (AvgIpc) is 3.14. The summed E-state index contributed by atoms with van der Waals surface area (Å²) >= 11 is 0. The second-order valence-electron chi connectivity index (χ2n) is 7.94. The van der Waals surface area contributed by atoms with Crippen molar-refractivity contribution in [3.63, 3.8) is 0 Å². The number of carbonyl (C=O) groups is 3. The van der Waals surface area contributed by atoms with E-state index in [1.54, 1.807) is 0 Å². The molecule has 8 heteroatoms. The Bertz CT molecular complexity index is 956. The first-order valence-electron chi connectivity index (χ1n) is 11.1. The molecule has 1 aliphatic rings. The van der Waals surface area contributed by atoms with Crippen molar-refractivity contribution in [1.29, 1.82) is 0 Å². The van der Waals surface area contributed by atoms with Gasteiger partial charge in [-0.25, -0.2) is 9.59 Å². The molecule has 0 saturated carbocycles. The Morgan fingerprint density at radius 2 is 1.55 bits per heavy atom. The monoisotopic (exact) mass is 454 g/mol. The zero-order valence-corrected chi connectivity index (χ0v) is 18.9. The summed E-state index contributed by atoms with van der Waals surface area (Å²) in [5, 5.41) is 14.0. The van der Waals surface area contributed by atoms with Crippen LogP contribution in [-0.4, -0.2) is 55.0 Å². The molecule has 3 N–H and O–H groups in total. The van der Waals surface area contributed by atoms with Crippen molar-refractivity contribution in [3.8, 4) is 11.1 Å². The Morgan fingerprint density at radius 3 is 2.09 bits per heavy atom. The van der Waals surface area contributed by atoms with Gasteiger partial charge in [0.1, 0.15) is 18.8 Å². The summed E-state index contributed by atoms with van der Waals surface area (Å²) in [6.07, 6.45) is 0.0863.